The zero-order chi connectivity index (χ0) is 9.47. The molecule has 1 saturated carbocycles. The summed E-state index contributed by atoms with van der Waals surface area (Å²) in [6.07, 6.45) is 2.36. The molecule has 0 saturated heterocycles. The van der Waals surface area contributed by atoms with Gasteiger partial charge in [-0.1, -0.05) is 27.5 Å². The molecule has 1 aromatic rings. The van der Waals surface area contributed by atoms with Gasteiger partial charge in [-0.05, 0) is 43.7 Å². The van der Waals surface area contributed by atoms with Gasteiger partial charge in [0.25, 0.3) is 0 Å². The molecule has 0 aromatic heterocycles. The number of benzene rings is 1. The lowest BCUT2D eigenvalue weighted by molar-refractivity contribution is 0.585. The van der Waals surface area contributed by atoms with Gasteiger partial charge >= 0.3 is 0 Å². The van der Waals surface area contributed by atoms with E-state index >= 15 is 0 Å². The van der Waals surface area contributed by atoms with Crippen LogP contribution in [0.4, 0.5) is 0 Å². The molecule has 1 aromatic carbocycles. The summed E-state index contributed by atoms with van der Waals surface area (Å²) < 4.78 is 1.09. The van der Waals surface area contributed by atoms with Gasteiger partial charge in [-0.25, -0.2) is 0 Å². The first-order valence-electron chi connectivity index (χ1n) is 4.32. The Balaban J connectivity index is 2.44. The molecule has 0 atom stereocenters. The zero-order valence-electron chi connectivity index (χ0n) is 7.40. The van der Waals surface area contributed by atoms with Crippen LogP contribution in [0.25, 0.3) is 0 Å². The van der Waals surface area contributed by atoms with Gasteiger partial charge in [0, 0.05) is 15.0 Å². The molecule has 1 fully saturated rings. The standard InChI is InChI=1S/C10H11BrClN/c1-13-10(4-5-10)8-6-7(11)2-3-9(8)12/h2-3,6,13H,4-5H2,1H3. The van der Waals surface area contributed by atoms with Crippen LogP contribution in [0, 0.1) is 0 Å². The van der Waals surface area contributed by atoms with Crippen LogP contribution in [0.1, 0.15) is 18.4 Å². The largest absolute Gasteiger partial charge is 0.310 e. The fourth-order valence-corrected chi connectivity index (χ4v) is 2.30. The van der Waals surface area contributed by atoms with Gasteiger partial charge in [-0.2, -0.15) is 0 Å². The van der Waals surface area contributed by atoms with E-state index in [0.29, 0.717) is 0 Å². The molecular formula is C10H11BrClN. The zero-order valence-corrected chi connectivity index (χ0v) is 9.74. The Morgan fingerprint density at radius 1 is 1.46 bits per heavy atom. The van der Waals surface area contributed by atoms with E-state index in [2.05, 4.69) is 27.3 Å². The molecular weight excluding hydrogens is 249 g/mol. The number of hydrogen-bond acceptors (Lipinski definition) is 1. The van der Waals surface area contributed by atoms with Crippen LogP contribution in [0.3, 0.4) is 0 Å². The minimum absolute atomic E-state index is 0.154. The Labute approximate surface area is 91.6 Å². The molecule has 1 aliphatic carbocycles. The van der Waals surface area contributed by atoms with Crippen LogP contribution in [-0.4, -0.2) is 7.05 Å². The number of nitrogens with one attached hydrogen (secondary N) is 1. The van der Waals surface area contributed by atoms with Crippen molar-refractivity contribution >= 4 is 27.5 Å². The first-order chi connectivity index (χ1) is 6.18. The lowest BCUT2D eigenvalue weighted by atomic mass is 10.1. The van der Waals surface area contributed by atoms with E-state index in [-0.39, 0.29) is 5.54 Å². The van der Waals surface area contributed by atoms with Crippen LogP contribution in [-0.2, 0) is 5.54 Å². The number of hydrogen-bond donors (Lipinski definition) is 1. The maximum Gasteiger partial charge on any atom is 0.0457 e. The Morgan fingerprint density at radius 2 is 2.15 bits per heavy atom. The van der Waals surface area contributed by atoms with E-state index in [0.717, 1.165) is 9.50 Å². The topological polar surface area (TPSA) is 12.0 Å². The van der Waals surface area contributed by atoms with E-state index in [1.807, 2.05) is 19.2 Å². The van der Waals surface area contributed by atoms with Gasteiger partial charge in [0.15, 0.2) is 0 Å². The van der Waals surface area contributed by atoms with E-state index < -0.39 is 0 Å². The number of rotatable bonds is 2. The lowest BCUT2D eigenvalue weighted by Gasteiger charge is -2.16. The first-order valence-corrected chi connectivity index (χ1v) is 5.49. The second-order valence-electron chi connectivity index (χ2n) is 3.46. The molecule has 1 nitrogen and oxygen atoms in total. The predicted octanol–water partition coefficient (Wildman–Crippen LogP) is 3.31. The van der Waals surface area contributed by atoms with Crippen molar-refractivity contribution in [2.45, 2.75) is 18.4 Å². The van der Waals surface area contributed by atoms with E-state index in [9.17, 15) is 0 Å². The highest BCUT2D eigenvalue weighted by atomic mass is 79.9. The third-order valence-electron chi connectivity index (χ3n) is 2.67. The van der Waals surface area contributed by atoms with Crippen molar-refractivity contribution in [3.63, 3.8) is 0 Å². The molecule has 0 radical (unpaired) electrons. The van der Waals surface area contributed by atoms with Gasteiger partial charge in [0.2, 0.25) is 0 Å². The van der Waals surface area contributed by atoms with Crippen molar-refractivity contribution in [2.24, 2.45) is 0 Å². The van der Waals surface area contributed by atoms with Crippen molar-refractivity contribution in [3.05, 3.63) is 33.3 Å². The van der Waals surface area contributed by atoms with Crippen LogP contribution in [0.5, 0.6) is 0 Å². The normalized spacial score (nSPS) is 18.7. The minimum atomic E-state index is 0.154. The van der Waals surface area contributed by atoms with Crippen molar-refractivity contribution in [1.82, 2.24) is 5.32 Å². The smallest absolute Gasteiger partial charge is 0.0457 e. The van der Waals surface area contributed by atoms with Gasteiger partial charge in [0.05, 0.1) is 0 Å². The molecule has 3 heteroatoms. The summed E-state index contributed by atoms with van der Waals surface area (Å²) in [7, 11) is 1.99. The predicted molar refractivity (Wildman–Crippen MR) is 59.1 cm³/mol. The highest BCUT2D eigenvalue weighted by Gasteiger charge is 2.44. The summed E-state index contributed by atoms with van der Waals surface area (Å²) >= 11 is 9.60. The summed E-state index contributed by atoms with van der Waals surface area (Å²) in [4.78, 5) is 0. The summed E-state index contributed by atoms with van der Waals surface area (Å²) in [5.41, 5.74) is 1.37. The molecule has 0 bridgehead atoms. The molecule has 70 valence electrons. The second kappa shape index (κ2) is 3.26. The Kier molecular flexibility index (Phi) is 2.39. The van der Waals surface area contributed by atoms with Crippen molar-refractivity contribution in [1.29, 1.82) is 0 Å². The van der Waals surface area contributed by atoms with Crippen LogP contribution in [0.15, 0.2) is 22.7 Å². The monoisotopic (exact) mass is 259 g/mol. The summed E-state index contributed by atoms with van der Waals surface area (Å²) in [6.45, 7) is 0. The van der Waals surface area contributed by atoms with Gasteiger partial charge in [-0.15, -0.1) is 0 Å². The fourth-order valence-electron chi connectivity index (χ4n) is 1.64. The third-order valence-corrected chi connectivity index (χ3v) is 3.50. The van der Waals surface area contributed by atoms with Crippen LogP contribution >= 0.6 is 27.5 Å². The molecule has 0 amide bonds. The van der Waals surface area contributed by atoms with Crippen LogP contribution in [0.2, 0.25) is 5.02 Å². The van der Waals surface area contributed by atoms with E-state index in [1.54, 1.807) is 0 Å². The molecule has 2 rings (SSSR count). The Morgan fingerprint density at radius 3 is 2.69 bits per heavy atom. The summed E-state index contributed by atoms with van der Waals surface area (Å²) in [5.74, 6) is 0. The fraction of sp³-hybridized carbons (Fsp3) is 0.400. The highest BCUT2D eigenvalue weighted by Crippen LogP contribution is 2.48. The summed E-state index contributed by atoms with van der Waals surface area (Å²) in [5, 5.41) is 4.19. The maximum atomic E-state index is 6.14. The molecule has 1 aliphatic rings. The van der Waals surface area contributed by atoms with E-state index in [4.69, 9.17) is 11.6 Å². The molecule has 13 heavy (non-hydrogen) atoms. The SMILES string of the molecule is CNC1(c2cc(Br)ccc2Cl)CC1. The average molecular weight is 261 g/mol. The van der Waals surface area contributed by atoms with Crippen molar-refractivity contribution in [2.75, 3.05) is 7.05 Å². The van der Waals surface area contributed by atoms with Gasteiger partial charge in [0.1, 0.15) is 0 Å². The van der Waals surface area contributed by atoms with Gasteiger partial charge < -0.3 is 5.32 Å². The Bertz CT molecular complexity index is 334. The van der Waals surface area contributed by atoms with Crippen LogP contribution < -0.4 is 5.32 Å². The minimum Gasteiger partial charge on any atom is -0.310 e. The first kappa shape index (κ1) is 9.50. The lowest BCUT2D eigenvalue weighted by Crippen LogP contribution is -2.24. The third kappa shape index (κ3) is 1.63. The van der Waals surface area contributed by atoms with Crippen molar-refractivity contribution in [3.8, 4) is 0 Å². The molecule has 0 spiro atoms. The average Bonchev–Trinajstić information content (AvgIpc) is 2.90. The molecule has 0 unspecified atom stereocenters. The summed E-state index contributed by atoms with van der Waals surface area (Å²) in [6, 6.07) is 6.02. The Hall–Kier alpha value is -0.0500. The van der Waals surface area contributed by atoms with E-state index in [1.165, 1.54) is 18.4 Å². The molecule has 0 aliphatic heterocycles. The second-order valence-corrected chi connectivity index (χ2v) is 4.78. The molecule has 0 heterocycles. The highest BCUT2D eigenvalue weighted by molar-refractivity contribution is 9.10. The van der Waals surface area contributed by atoms with Gasteiger partial charge in [-0.3, -0.25) is 0 Å². The molecule has 1 N–H and O–H groups in total. The quantitative estimate of drug-likeness (QED) is 0.860. The van der Waals surface area contributed by atoms with Crippen molar-refractivity contribution < 1.29 is 0 Å². The number of halogens is 2. The maximum absolute atomic E-state index is 6.14.